The fraction of sp³-hybridized carbons (Fsp3) is 0.342. The molecule has 0 saturated carbocycles. The smallest absolute Gasteiger partial charge is 0.228 e. The van der Waals surface area contributed by atoms with E-state index in [1.54, 1.807) is 28.4 Å². The summed E-state index contributed by atoms with van der Waals surface area (Å²) in [5.74, 6) is 2.68. The summed E-state index contributed by atoms with van der Waals surface area (Å²) in [5, 5.41) is 3.49. The van der Waals surface area contributed by atoms with Crippen LogP contribution in [0.5, 0.6) is 23.0 Å². The van der Waals surface area contributed by atoms with Crippen molar-refractivity contribution in [3.05, 3.63) is 118 Å². The predicted octanol–water partition coefficient (Wildman–Crippen LogP) is 7.20. The van der Waals surface area contributed by atoms with Gasteiger partial charge in [-0.25, -0.2) is 0 Å². The Bertz CT molecular complexity index is 1620. The molecular formula is C38H41NO5. The molecule has 6 rings (SSSR count). The van der Waals surface area contributed by atoms with E-state index in [1.165, 1.54) is 22.3 Å². The van der Waals surface area contributed by atoms with Crippen molar-refractivity contribution in [3.8, 4) is 23.0 Å². The lowest BCUT2D eigenvalue weighted by Gasteiger charge is -2.39. The molecule has 4 aromatic rings. The molecular weight excluding hydrogens is 550 g/mol. The lowest BCUT2D eigenvalue weighted by Crippen LogP contribution is -2.39. The number of hydrogen-bond acceptors (Lipinski definition) is 5. The zero-order chi connectivity index (χ0) is 30.6. The molecule has 4 aromatic carbocycles. The molecule has 44 heavy (non-hydrogen) atoms. The Morgan fingerprint density at radius 3 is 2.11 bits per heavy atom. The van der Waals surface area contributed by atoms with Gasteiger partial charge in [0.2, 0.25) is 5.91 Å². The van der Waals surface area contributed by atoms with Gasteiger partial charge in [0, 0.05) is 0 Å². The molecule has 2 aliphatic rings. The minimum atomic E-state index is -0.324. The van der Waals surface area contributed by atoms with Gasteiger partial charge in [0.25, 0.3) is 0 Å². The van der Waals surface area contributed by atoms with Crippen molar-refractivity contribution in [2.24, 2.45) is 5.92 Å². The van der Waals surface area contributed by atoms with Crippen LogP contribution in [0, 0.1) is 5.92 Å². The molecule has 2 aliphatic carbocycles. The Morgan fingerprint density at radius 1 is 0.705 bits per heavy atom. The van der Waals surface area contributed by atoms with Gasteiger partial charge in [0.05, 0.1) is 40.4 Å². The van der Waals surface area contributed by atoms with E-state index in [2.05, 4.69) is 66.0 Å². The first-order valence-corrected chi connectivity index (χ1v) is 15.4. The molecule has 6 heteroatoms. The van der Waals surface area contributed by atoms with E-state index in [1.807, 2.05) is 24.3 Å². The van der Waals surface area contributed by atoms with Crippen LogP contribution in [-0.2, 0) is 24.1 Å². The molecule has 0 radical (unpaired) electrons. The maximum absolute atomic E-state index is 14.5. The van der Waals surface area contributed by atoms with Gasteiger partial charge in [-0.3, -0.25) is 4.79 Å². The van der Waals surface area contributed by atoms with Gasteiger partial charge in [0.15, 0.2) is 23.0 Å². The van der Waals surface area contributed by atoms with Crippen LogP contribution in [0.3, 0.4) is 0 Å². The maximum Gasteiger partial charge on any atom is 0.228 e. The van der Waals surface area contributed by atoms with Crippen LogP contribution < -0.4 is 24.3 Å². The molecule has 0 fully saturated rings. The number of fused-ring (bicyclic) bond motifs is 2. The molecule has 1 N–H and O–H groups in total. The summed E-state index contributed by atoms with van der Waals surface area (Å²) in [6.07, 6.45) is 4.36. The van der Waals surface area contributed by atoms with Crippen molar-refractivity contribution >= 4 is 5.91 Å². The van der Waals surface area contributed by atoms with Gasteiger partial charge in [-0.15, -0.1) is 0 Å². The average molecular weight is 592 g/mol. The van der Waals surface area contributed by atoms with Crippen molar-refractivity contribution in [2.45, 2.75) is 50.0 Å². The number of amides is 1. The van der Waals surface area contributed by atoms with E-state index in [4.69, 9.17) is 18.9 Å². The third-order valence-electron chi connectivity index (χ3n) is 9.53. The molecule has 6 nitrogen and oxygen atoms in total. The van der Waals surface area contributed by atoms with Gasteiger partial charge >= 0.3 is 0 Å². The first-order valence-electron chi connectivity index (χ1n) is 15.4. The van der Waals surface area contributed by atoms with Crippen LogP contribution in [0.25, 0.3) is 0 Å². The second-order valence-electron chi connectivity index (χ2n) is 11.8. The second-order valence-corrected chi connectivity index (χ2v) is 11.8. The van der Waals surface area contributed by atoms with Gasteiger partial charge in [-0.05, 0) is 102 Å². The Hall–Kier alpha value is -4.45. The number of carbonyl (C=O) groups is 1. The van der Waals surface area contributed by atoms with Crippen molar-refractivity contribution in [1.82, 2.24) is 5.32 Å². The fourth-order valence-corrected chi connectivity index (χ4v) is 7.40. The Kier molecular flexibility index (Phi) is 8.78. The molecule has 4 atom stereocenters. The Labute approximate surface area is 260 Å². The quantitative estimate of drug-likeness (QED) is 0.211. The zero-order valence-corrected chi connectivity index (χ0v) is 26.0. The molecule has 0 aromatic heterocycles. The Morgan fingerprint density at radius 2 is 1.36 bits per heavy atom. The largest absolute Gasteiger partial charge is 0.493 e. The number of aryl methyl sites for hydroxylation is 2. The van der Waals surface area contributed by atoms with E-state index in [9.17, 15) is 4.79 Å². The van der Waals surface area contributed by atoms with Crippen molar-refractivity contribution < 1.29 is 23.7 Å². The average Bonchev–Trinajstić information content (AvgIpc) is 3.47. The lowest BCUT2D eigenvalue weighted by atomic mass is 9.65. The third-order valence-corrected chi connectivity index (χ3v) is 9.53. The highest BCUT2D eigenvalue weighted by Gasteiger charge is 2.41. The molecule has 0 saturated heterocycles. The van der Waals surface area contributed by atoms with E-state index in [0.717, 1.165) is 49.0 Å². The number of methoxy groups -OCH3 is 4. The minimum absolute atomic E-state index is 0.0226. The van der Waals surface area contributed by atoms with Crippen LogP contribution in [0.2, 0.25) is 0 Å². The maximum atomic E-state index is 14.5. The standard InChI is InChI=1S/C38H41NO5/c1-41-33-19-14-24(21-34(33)42-2)20-31-29(17-15-27-22-35(43-3)36(44-4)23-30(27)31)37(26-11-6-5-7-12-26)38(40)39-32-18-16-25-10-8-9-13-28(25)32/h5-14,19,21-23,29,31-32,37H,15-18,20H2,1-4H3,(H,39,40). The first-order chi connectivity index (χ1) is 21.5. The van der Waals surface area contributed by atoms with Crippen LogP contribution in [0.1, 0.15) is 64.1 Å². The highest BCUT2D eigenvalue weighted by molar-refractivity contribution is 5.85. The van der Waals surface area contributed by atoms with Gasteiger partial charge in [-0.2, -0.15) is 0 Å². The summed E-state index contributed by atoms with van der Waals surface area (Å²) in [7, 11) is 6.66. The zero-order valence-electron chi connectivity index (χ0n) is 26.0. The van der Waals surface area contributed by atoms with E-state index < -0.39 is 0 Å². The first kappa shape index (κ1) is 29.6. The molecule has 4 unspecified atom stereocenters. The van der Waals surface area contributed by atoms with E-state index >= 15 is 0 Å². The molecule has 0 aliphatic heterocycles. The van der Waals surface area contributed by atoms with Crippen molar-refractivity contribution in [1.29, 1.82) is 0 Å². The number of hydrogen-bond donors (Lipinski definition) is 1. The number of ether oxygens (including phenoxy) is 4. The molecule has 228 valence electrons. The van der Waals surface area contributed by atoms with Gasteiger partial charge in [0.1, 0.15) is 0 Å². The molecule has 0 heterocycles. The van der Waals surface area contributed by atoms with Crippen LogP contribution in [0.15, 0.2) is 84.9 Å². The van der Waals surface area contributed by atoms with Crippen LogP contribution >= 0.6 is 0 Å². The van der Waals surface area contributed by atoms with E-state index in [-0.39, 0.29) is 29.7 Å². The monoisotopic (exact) mass is 591 g/mol. The highest BCUT2D eigenvalue weighted by Crippen LogP contribution is 2.49. The number of rotatable bonds is 10. The number of benzene rings is 4. The molecule has 0 spiro atoms. The number of nitrogens with one attached hydrogen (secondary N) is 1. The number of carbonyl (C=O) groups excluding carboxylic acids is 1. The topological polar surface area (TPSA) is 66.0 Å². The lowest BCUT2D eigenvalue weighted by molar-refractivity contribution is -0.125. The van der Waals surface area contributed by atoms with Crippen molar-refractivity contribution in [3.63, 3.8) is 0 Å². The summed E-state index contributed by atoms with van der Waals surface area (Å²) in [4.78, 5) is 14.5. The van der Waals surface area contributed by atoms with Crippen LogP contribution in [-0.4, -0.2) is 34.3 Å². The van der Waals surface area contributed by atoms with E-state index in [0.29, 0.717) is 17.2 Å². The minimum Gasteiger partial charge on any atom is -0.493 e. The molecule has 0 bridgehead atoms. The second kappa shape index (κ2) is 13.0. The highest BCUT2D eigenvalue weighted by atomic mass is 16.5. The SMILES string of the molecule is COc1ccc(CC2c3cc(OC)c(OC)cc3CCC2C(C(=O)NC2CCc3ccccc32)c2ccccc2)cc1OC. The summed E-state index contributed by atoms with van der Waals surface area (Å²) in [5.41, 5.74) is 7.17. The summed E-state index contributed by atoms with van der Waals surface area (Å²) in [6, 6.07) is 29.1. The normalized spacial score (nSPS) is 19.3. The summed E-state index contributed by atoms with van der Waals surface area (Å²) in [6.45, 7) is 0. The summed E-state index contributed by atoms with van der Waals surface area (Å²) >= 11 is 0. The predicted molar refractivity (Wildman–Crippen MR) is 172 cm³/mol. The molecule has 1 amide bonds. The van der Waals surface area contributed by atoms with Gasteiger partial charge < -0.3 is 24.3 Å². The Balaban J connectivity index is 1.43. The third kappa shape index (κ3) is 5.73. The summed E-state index contributed by atoms with van der Waals surface area (Å²) < 4.78 is 22.6. The van der Waals surface area contributed by atoms with Gasteiger partial charge in [-0.1, -0.05) is 60.7 Å². The van der Waals surface area contributed by atoms with Crippen LogP contribution in [0.4, 0.5) is 0 Å². The van der Waals surface area contributed by atoms with Crippen molar-refractivity contribution in [2.75, 3.05) is 28.4 Å². The fourth-order valence-electron chi connectivity index (χ4n) is 7.40.